The number of ether oxygens (including phenoxy) is 2. The van der Waals surface area contributed by atoms with Crippen LogP contribution in [0, 0.1) is 34.5 Å². The van der Waals surface area contributed by atoms with Crippen molar-refractivity contribution >= 4 is 0 Å². The van der Waals surface area contributed by atoms with Crippen LogP contribution in [0.15, 0.2) is 36.4 Å². The minimum Gasteiger partial charge on any atom is -0.497 e. The summed E-state index contributed by atoms with van der Waals surface area (Å²) in [5, 5.41) is 8.26. The normalized spacial score (nSPS) is 39.6. The highest BCUT2D eigenvalue weighted by Crippen LogP contribution is 2.62. The average Bonchev–Trinajstić information content (AvgIpc) is 3.59. The van der Waals surface area contributed by atoms with Gasteiger partial charge in [0.1, 0.15) is 11.5 Å². The molecule has 10 atom stereocenters. The van der Waals surface area contributed by atoms with Crippen LogP contribution < -0.4 is 20.1 Å². The van der Waals surface area contributed by atoms with Crippen molar-refractivity contribution in [2.75, 3.05) is 27.3 Å². The second-order valence-electron chi connectivity index (χ2n) is 16.6. The van der Waals surface area contributed by atoms with Crippen molar-refractivity contribution in [1.82, 2.24) is 10.6 Å². The summed E-state index contributed by atoms with van der Waals surface area (Å²) in [7, 11) is 3.59. The molecule has 0 amide bonds. The fourth-order valence-electron chi connectivity index (χ4n) is 12.7. The maximum atomic E-state index is 5.55. The van der Waals surface area contributed by atoms with Gasteiger partial charge in [-0.05, 0) is 189 Å². The van der Waals surface area contributed by atoms with Crippen LogP contribution in [0.5, 0.6) is 11.5 Å². The van der Waals surface area contributed by atoms with Gasteiger partial charge in [-0.15, -0.1) is 0 Å². The topological polar surface area (TPSA) is 42.5 Å². The van der Waals surface area contributed by atoms with Gasteiger partial charge in [-0.3, -0.25) is 0 Å². The van der Waals surface area contributed by atoms with E-state index in [4.69, 9.17) is 9.47 Å². The van der Waals surface area contributed by atoms with Gasteiger partial charge in [0.15, 0.2) is 0 Å². The first-order valence-electron chi connectivity index (χ1n) is 18.7. The highest BCUT2D eigenvalue weighted by molar-refractivity contribution is 5.42. The molecule has 4 heteroatoms. The molecule has 0 spiro atoms. The van der Waals surface area contributed by atoms with Gasteiger partial charge in [0.25, 0.3) is 0 Å². The fourth-order valence-corrected chi connectivity index (χ4v) is 12.7. The molecule has 6 aliphatic rings. The van der Waals surface area contributed by atoms with E-state index in [1.54, 1.807) is 36.5 Å². The maximum Gasteiger partial charge on any atom is 0.119 e. The van der Waals surface area contributed by atoms with Crippen molar-refractivity contribution in [2.45, 2.75) is 121 Å². The molecule has 2 N–H and O–H groups in total. The minimum atomic E-state index is 0.465. The van der Waals surface area contributed by atoms with Gasteiger partial charge in [-0.25, -0.2) is 0 Å². The predicted molar refractivity (Wildman–Crippen MR) is 183 cm³/mol. The summed E-state index contributed by atoms with van der Waals surface area (Å²) in [6.07, 6.45) is 17.5. The van der Waals surface area contributed by atoms with E-state index >= 15 is 0 Å². The van der Waals surface area contributed by atoms with Crippen LogP contribution in [-0.4, -0.2) is 39.4 Å². The number of rotatable bonds is 8. The second-order valence-corrected chi connectivity index (χ2v) is 16.6. The molecule has 0 heterocycles. The summed E-state index contributed by atoms with van der Waals surface area (Å²) >= 11 is 0. The van der Waals surface area contributed by atoms with Gasteiger partial charge in [-0.2, -0.15) is 0 Å². The van der Waals surface area contributed by atoms with Crippen molar-refractivity contribution in [1.29, 1.82) is 0 Å². The van der Waals surface area contributed by atoms with Crippen molar-refractivity contribution in [3.63, 3.8) is 0 Å². The lowest BCUT2D eigenvalue weighted by Crippen LogP contribution is -2.50. The molecular weight excluding hydrogens is 552 g/mol. The molecule has 0 bridgehead atoms. The van der Waals surface area contributed by atoms with Crippen molar-refractivity contribution < 1.29 is 9.47 Å². The summed E-state index contributed by atoms with van der Waals surface area (Å²) in [6.45, 7) is 7.62. The number of fused-ring (bicyclic) bond motifs is 10. The zero-order valence-corrected chi connectivity index (χ0v) is 28.5. The van der Waals surface area contributed by atoms with E-state index in [1.807, 2.05) is 0 Å². The molecule has 244 valence electrons. The maximum absolute atomic E-state index is 5.55. The second kappa shape index (κ2) is 11.9. The summed E-state index contributed by atoms with van der Waals surface area (Å²) < 4.78 is 11.1. The Labute approximate surface area is 272 Å². The third-order valence-electron chi connectivity index (χ3n) is 15.0. The zero-order valence-electron chi connectivity index (χ0n) is 28.5. The van der Waals surface area contributed by atoms with E-state index in [1.165, 1.54) is 83.5 Å². The fraction of sp³-hybridized carbons (Fsp3) is 0.707. The molecule has 4 fully saturated rings. The van der Waals surface area contributed by atoms with Crippen molar-refractivity contribution in [3.05, 3.63) is 58.7 Å². The molecule has 6 aliphatic carbocycles. The zero-order chi connectivity index (χ0) is 30.8. The SMILES string of the molecule is COc1ccc2c(c1)CCC1C2CC[C@]2(C)C(NCCCNC3CCC4C5CCc6cc(OC)ccc6C5CC[C@]34C)CCC12. The van der Waals surface area contributed by atoms with Crippen LogP contribution in [0.25, 0.3) is 0 Å². The van der Waals surface area contributed by atoms with Gasteiger partial charge in [-0.1, -0.05) is 26.0 Å². The smallest absolute Gasteiger partial charge is 0.119 e. The molecule has 2 aromatic carbocycles. The highest BCUT2D eigenvalue weighted by Gasteiger charge is 2.56. The van der Waals surface area contributed by atoms with E-state index in [2.05, 4.69) is 60.9 Å². The Bertz CT molecular complexity index is 1290. The van der Waals surface area contributed by atoms with E-state index in [9.17, 15) is 0 Å². The quantitative estimate of drug-likeness (QED) is 0.295. The monoisotopic (exact) mass is 610 g/mol. The summed E-state index contributed by atoms with van der Waals surface area (Å²) in [4.78, 5) is 0. The summed E-state index contributed by atoms with van der Waals surface area (Å²) in [6, 6.07) is 15.2. The first-order valence-corrected chi connectivity index (χ1v) is 18.7. The van der Waals surface area contributed by atoms with Crippen LogP contribution >= 0.6 is 0 Å². The summed E-state index contributed by atoms with van der Waals surface area (Å²) in [5.74, 6) is 7.06. The molecule has 4 saturated carbocycles. The lowest BCUT2D eigenvalue weighted by molar-refractivity contribution is 0.0395. The lowest BCUT2D eigenvalue weighted by Gasteiger charge is -2.51. The minimum absolute atomic E-state index is 0.465. The molecule has 8 unspecified atom stereocenters. The molecule has 8 rings (SSSR count). The predicted octanol–water partition coefficient (Wildman–Crippen LogP) is 8.42. The molecule has 0 radical (unpaired) electrons. The van der Waals surface area contributed by atoms with Gasteiger partial charge in [0.05, 0.1) is 14.2 Å². The van der Waals surface area contributed by atoms with Crippen LogP contribution in [0.3, 0.4) is 0 Å². The third-order valence-corrected chi connectivity index (χ3v) is 15.0. The third kappa shape index (κ3) is 4.98. The number of methoxy groups -OCH3 is 2. The Morgan fingerprint density at radius 1 is 0.622 bits per heavy atom. The number of nitrogens with one attached hydrogen (secondary N) is 2. The largest absolute Gasteiger partial charge is 0.497 e. The number of hydrogen-bond acceptors (Lipinski definition) is 4. The van der Waals surface area contributed by atoms with Gasteiger partial charge in [0, 0.05) is 12.1 Å². The van der Waals surface area contributed by atoms with Crippen molar-refractivity contribution in [3.8, 4) is 11.5 Å². The van der Waals surface area contributed by atoms with E-state index < -0.39 is 0 Å². The first-order chi connectivity index (χ1) is 21.9. The molecule has 2 aromatic rings. The van der Waals surface area contributed by atoms with E-state index in [0.29, 0.717) is 22.9 Å². The van der Waals surface area contributed by atoms with Crippen LogP contribution in [-0.2, 0) is 12.8 Å². The molecular formula is C41H58N2O2. The highest BCUT2D eigenvalue weighted by atomic mass is 16.5. The standard InChI is InChI=1S/C41H58N2O2/c1-40-20-18-32-30-12-8-28(44-3)24-26(30)6-10-34(32)36(40)14-16-38(40)42-22-5-23-43-39-17-15-37-35-11-7-27-25-29(45-4)9-13-31(27)33(35)19-21-41(37,39)2/h8-9,12-13,24-25,32-39,42-43H,5-7,10-11,14-23H2,1-4H3/t32?,33?,34?,35?,36?,37?,38?,39?,40-,41-/m0/s1. The Kier molecular flexibility index (Phi) is 8.00. The number of benzene rings is 2. The van der Waals surface area contributed by atoms with E-state index in [-0.39, 0.29) is 0 Å². The van der Waals surface area contributed by atoms with Gasteiger partial charge < -0.3 is 20.1 Å². The number of aryl methyl sites for hydroxylation is 2. The number of hydrogen-bond donors (Lipinski definition) is 2. The Hall–Kier alpha value is -2.04. The van der Waals surface area contributed by atoms with Crippen LogP contribution in [0.2, 0.25) is 0 Å². The van der Waals surface area contributed by atoms with Crippen LogP contribution in [0.4, 0.5) is 0 Å². The molecule has 4 nitrogen and oxygen atoms in total. The van der Waals surface area contributed by atoms with Crippen LogP contribution in [0.1, 0.15) is 119 Å². The molecule has 0 aliphatic heterocycles. The lowest BCUT2D eigenvalue weighted by atomic mass is 9.55. The molecule has 0 aromatic heterocycles. The molecule has 0 saturated heterocycles. The van der Waals surface area contributed by atoms with E-state index in [0.717, 1.165) is 60.1 Å². The Balaban J connectivity index is 0.833. The first kappa shape index (κ1) is 30.3. The summed E-state index contributed by atoms with van der Waals surface area (Å²) in [5.41, 5.74) is 7.32. The molecule has 45 heavy (non-hydrogen) atoms. The average molecular weight is 611 g/mol. The Morgan fingerprint density at radius 3 is 1.53 bits per heavy atom. The van der Waals surface area contributed by atoms with Gasteiger partial charge >= 0.3 is 0 Å². The van der Waals surface area contributed by atoms with Gasteiger partial charge in [0.2, 0.25) is 0 Å². The Morgan fingerprint density at radius 2 is 1.09 bits per heavy atom. The van der Waals surface area contributed by atoms with Crippen molar-refractivity contribution in [2.24, 2.45) is 34.5 Å².